The molecular formula is C25H34F3N5O2. The van der Waals surface area contributed by atoms with E-state index >= 15 is 0 Å². The van der Waals surface area contributed by atoms with Gasteiger partial charge in [0, 0.05) is 30.9 Å². The second-order valence-electron chi connectivity index (χ2n) is 10.6. The standard InChI is InChI=1S/C25H34F3N5O2/c1-24(2,3)35-23(34)31-18-6-4-17(5-7-18)30-19-8-9-20-21(14-19)29-15-22(32-20)33-12-10-16(11-13-33)25(26,27)28/h8-9,14-18,30H,4-7,10-13H2,1-3H3,(H,31,34). The molecule has 35 heavy (non-hydrogen) atoms. The van der Waals surface area contributed by atoms with E-state index in [0.29, 0.717) is 24.9 Å². The van der Waals surface area contributed by atoms with Gasteiger partial charge < -0.3 is 20.3 Å². The van der Waals surface area contributed by atoms with E-state index in [1.165, 1.54) is 0 Å². The van der Waals surface area contributed by atoms with Gasteiger partial charge in [-0.3, -0.25) is 4.98 Å². The van der Waals surface area contributed by atoms with Crippen molar-refractivity contribution in [3.05, 3.63) is 24.4 Å². The fourth-order valence-electron chi connectivity index (χ4n) is 4.77. The quantitative estimate of drug-likeness (QED) is 0.573. The smallest absolute Gasteiger partial charge is 0.407 e. The maximum Gasteiger partial charge on any atom is 0.407 e. The van der Waals surface area contributed by atoms with Crippen LogP contribution in [0.5, 0.6) is 0 Å². The van der Waals surface area contributed by atoms with Crippen molar-refractivity contribution in [1.82, 2.24) is 15.3 Å². The Bertz CT molecular complexity index is 1020. The average molecular weight is 494 g/mol. The summed E-state index contributed by atoms with van der Waals surface area (Å²) in [5, 5.41) is 6.51. The molecule has 1 saturated heterocycles. The van der Waals surface area contributed by atoms with E-state index in [-0.39, 0.29) is 25.0 Å². The highest BCUT2D eigenvalue weighted by atomic mass is 19.4. The first-order valence-electron chi connectivity index (χ1n) is 12.3. The number of anilines is 2. The van der Waals surface area contributed by atoms with Gasteiger partial charge in [-0.05, 0) is 77.5 Å². The van der Waals surface area contributed by atoms with Crippen LogP contribution >= 0.6 is 0 Å². The van der Waals surface area contributed by atoms with Crippen molar-refractivity contribution >= 4 is 28.6 Å². The molecule has 0 radical (unpaired) electrons. The summed E-state index contributed by atoms with van der Waals surface area (Å²) in [5.74, 6) is -0.612. The van der Waals surface area contributed by atoms with Gasteiger partial charge in [-0.15, -0.1) is 0 Å². The SMILES string of the molecule is CC(C)(C)OC(=O)NC1CCC(Nc2ccc3nc(N4CCC(C(F)(F)F)CC4)cnc3c2)CC1. The van der Waals surface area contributed by atoms with Crippen LogP contribution in [0.4, 0.5) is 29.5 Å². The third-order valence-corrected chi connectivity index (χ3v) is 6.63. The predicted molar refractivity (Wildman–Crippen MR) is 130 cm³/mol. The molecule has 1 aromatic heterocycles. The summed E-state index contributed by atoms with van der Waals surface area (Å²) in [6.07, 6.45) is 0.923. The number of piperidine rings is 1. The van der Waals surface area contributed by atoms with E-state index in [1.54, 1.807) is 6.20 Å². The van der Waals surface area contributed by atoms with Crippen molar-refractivity contribution in [3.8, 4) is 0 Å². The minimum atomic E-state index is -4.13. The Kier molecular flexibility index (Phi) is 7.28. The Morgan fingerprint density at radius 1 is 1.00 bits per heavy atom. The number of carbonyl (C=O) groups is 1. The number of rotatable bonds is 4. The monoisotopic (exact) mass is 493 g/mol. The molecule has 192 valence electrons. The summed E-state index contributed by atoms with van der Waals surface area (Å²) >= 11 is 0. The van der Waals surface area contributed by atoms with E-state index in [9.17, 15) is 18.0 Å². The van der Waals surface area contributed by atoms with E-state index in [2.05, 4.69) is 20.6 Å². The Morgan fingerprint density at radius 3 is 2.29 bits per heavy atom. The number of fused-ring (bicyclic) bond motifs is 1. The lowest BCUT2D eigenvalue weighted by Crippen LogP contribution is -2.42. The minimum Gasteiger partial charge on any atom is -0.444 e. The van der Waals surface area contributed by atoms with Gasteiger partial charge in [0.1, 0.15) is 11.4 Å². The molecule has 10 heteroatoms. The second kappa shape index (κ2) is 10.1. The summed E-state index contributed by atoms with van der Waals surface area (Å²) in [6.45, 7) is 6.21. The molecule has 2 N–H and O–H groups in total. The molecule has 4 rings (SSSR count). The van der Waals surface area contributed by atoms with Gasteiger partial charge in [0.05, 0.1) is 23.1 Å². The maximum atomic E-state index is 12.9. The molecule has 1 aromatic carbocycles. The van der Waals surface area contributed by atoms with E-state index in [0.717, 1.165) is 42.4 Å². The fourth-order valence-corrected chi connectivity index (χ4v) is 4.77. The number of halogens is 3. The first kappa shape index (κ1) is 25.3. The zero-order valence-electron chi connectivity index (χ0n) is 20.5. The Balaban J connectivity index is 1.29. The molecule has 1 amide bonds. The van der Waals surface area contributed by atoms with Crippen LogP contribution in [0.25, 0.3) is 11.0 Å². The molecular weight excluding hydrogens is 459 g/mol. The molecule has 1 aliphatic carbocycles. The summed E-state index contributed by atoms with van der Waals surface area (Å²) in [5.41, 5.74) is 1.90. The third kappa shape index (κ3) is 6.89. The van der Waals surface area contributed by atoms with Crippen molar-refractivity contribution in [2.24, 2.45) is 5.92 Å². The van der Waals surface area contributed by atoms with Gasteiger partial charge in [0.25, 0.3) is 0 Å². The maximum absolute atomic E-state index is 12.9. The number of aromatic nitrogens is 2. The van der Waals surface area contributed by atoms with Crippen LogP contribution in [0.1, 0.15) is 59.3 Å². The van der Waals surface area contributed by atoms with Crippen molar-refractivity contribution in [3.63, 3.8) is 0 Å². The highest BCUT2D eigenvalue weighted by Gasteiger charge is 2.41. The Labute approximate surface area is 203 Å². The number of ether oxygens (including phenoxy) is 1. The molecule has 0 spiro atoms. The summed E-state index contributed by atoms with van der Waals surface area (Å²) < 4.78 is 44.1. The van der Waals surface area contributed by atoms with Crippen LogP contribution in [0.2, 0.25) is 0 Å². The van der Waals surface area contributed by atoms with E-state index in [1.807, 2.05) is 43.9 Å². The first-order chi connectivity index (χ1) is 16.5. The lowest BCUT2D eigenvalue weighted by atomic mass is 9.91. The Morgan fingerprint density at radius 2 is 1.66 bits per heavy atom. The highest BCUT2D eigenvalue weighted by molar-refractivity contribution is 5.79. The third-order valence-electron chi connectivity index (χ3n) is 6.63. The van der Waals surface area contributed by atoms with Crippen LogP contribution in [-0.4, -0.2) is 53.0 Å². The summed E-state index contributed by atoms with van der Waals surface area (Å²) in [6, 6.07) is 6.22. The van der Waals surface area contributed by atoms with Crippen LogP contribution in [0.15, 0.2) is 24.4 Å². The number of nitrogens with zero attached hydrogens (tertiary/aromatic N) is 3. The van der Waals surface area contributed by atoms with Crippen LogP contribution in [0.3, 0.4) is 0 Å². The van der Waals surface area contributed by atoms with Gasteiger partial charge in [-0.25, -0.2) is 9.78 Å². The lowest BCUT2D eigenvalue weighted by Gasteiger charge is -2.33. The van der Waals surface area contributed by atoms with E-state index < -0.39 is 17.7 Å². The first-order valence-corrected chi connectivity index (χ1v) is 12.3. The number of alkyl halides is 3. The van der Waals surface area contributed by atoms with Gasteiger partial charge in [0.15, 0.2) is 0 Å². The minimum absolute atomic E-state index is 0.0849. The van der Waals surface area contributed by atoms with Gasteiger partial charge >= 0.3 is 12.3 Å². The molecule has 1 saturated carbocycles. The number of alkyl carbamates (subject to hydrolysis) is 1. The van der Waals surface area contributed by atoms with Gasteiger partial charge in [-0.2, -0.15) is 13.2 Å². The zero-order chi connectivity index (χ0) is 25.2. The normalized spacial score (nSPS) is 22.2. The predicted octanol–water partition coefficient (Wildman–Crippen LogP) is 5.66. The molecule has 2 heterocycles. The molecule has 0 bridgehead atoms. The summed E-state index contributed by atoms with van der Waals surface area (Å²) in [4.78, 5) is 23.0. The van der Waals surface area contributed by atoms with Gasteiger partial charge in [-0.1, -0.05) is 0 Å². The molecule has 1 aliphatic heterocycles. The van der Waals surface area contributed by atoms with Crippen molar-refractivity contribution in [2.75, 3.05) is 23.3 Å². The zero-order valence-corrected chi connectivity index (χ0v) is 20.5. The van der Waals surface area contributed by atoms with Crippen molar-refractivity contribution in [1.29, 1.82) is 0 Å². The molecule has 2 fully saturated rings. The number of hydrogen-bond donors (Lipinski definition) is 2. The van der Waals surface area contributed by atoms with Crippen molar-refractivity contribution in [2.45, 2.75) is 83.2 Å². The van der Waals surface area contributed by atoms with Crippen LogP contribution in [0, 0.1) is 5.92 Å². The van der Waals surface area contributed by atoms with Crippen molar-refractivity contribution < 1.29 is 22.7 Å². The van der Waals surface area contributed by atoms with E-state index in [4.69, 9.17) is 4.74 Å². The van der Waals surface area contributed by atoms with Gasteiger partial charge in [0.2, 0.25) is 0 Å². The molecule has 0 unspecified atom stereocenters. The largest absolute Gasteiger partial charge is 0.444 e. The molecule has 7 nitrogen and oxygen atoms in total. The number of benzene rings is 1. The number of amides is 1. The topological polar surface area (TPSA) is 79.4 Å². The molecule has 2 aromatic rings. The highest BCUT2D eigenvalue weighted by Crippen LogP contribution is 2.35. The Hall–Kier alpha value is -2.78. The van der Waals surface area contributed by atoms with Crippen LogP contribution < -0.4 is 15.5 Å². The fraction of sp³-hybridized carbons (Fsp3) is 0.640. The number of hydrogen-bond acceptors (Lipinski definition) is 6. The summed E-state index contributed by atoms with van der Waals surface area (Å²) in [7, 11) is 0. The van der Waals surface area contributed by atoms with Crippen LogP contribution in [-0.2, 0) is 4.74 Å². The lowest BCUT2D eigenvalue weighted by molar-refractivity contribution is -0.179. The number of carbonyl (C=O) groups excluding carboxylic acids is 1. The number of nitrogens with one attached hydrogen (secondary N) is 2. The molecule has 0 atom stereocenters. The molecule has 2 aliphatic rings. The second-order valence-corrected chi connectivity index (χ2v) is 10.6. The average Bonchev–Trinajstić information content (AvgIpc) is 2.78.